The first-order valence-corrected chi connectivity index (χ1v) is 5.73. The number of carbonyl (C=O) groups is 1. The molecule has 2 rings (SSSR count). The van der Waals surface area contributed by atoms with Crippen LogP contribution in [0.15, 0.2) is 24.5 Å². The van der Waals surface area contributed by atoms with Crippen LogP contribution in [0.2, 0.25) is 0 Å². The molecule has 2 aromatic heterocycles. The lowest BCUT2D eigenvalue weighted by molar-refractivity contribution is 0.0691. The Labute approximate surface area is 109 Å². The second-order valence-corrected chi connectivity index (χ2v) is 4.06. The molecule has 1 atom stereocenters. The summed E-state index contributed by atoms with van der Waals surface area (Å²) in [5.41, 5.74) is 1.09. The highest BCUT2D eigenvalue weighted by atomic mass is 16.5. The van der Waals surface area contributed by atoms with E-state index in [9.17, 15) is 4.79 Å². The molecule has 0 aliphatic rings. The lowest BCUT2D eigenvalue weighted by atomic mass is 10.1. The van der Waals surface area contributed by atoms with Crippen molar-refractivity contribution in [1.29, 1.82) is 0 Å². The summed E-state index contributed by atoms with van der Waals surface area (Å²) in [6, 6.07) is 3.44. The molecule has 0 saturated heterocycles. The fraction of sp³-hybridized carbons (Fsp3) is 0.333. The van der Waals surface area contributed by atoms with Crippen molar-refractivity contribution < 1.29 is 14.6 Å². The number of carboxylic acid groups (broad SMARTS) is 1. The molecule has 0 amide bonds. The van der Waals surface area contributed by atoms with Crippen LogP contribution in [0.25, 0.3) is 11.3 Å². The zero-order valence-corrected chi connectivity index (χ0v) is 10.6. The zero-order chi connectivity index (χ0) is 13.8. The topological polar surface area (TPSA) is 90.1 Å². The van der Waals surface area contributed by atoms with Gasteiger partial charge in [-0.2, -0.15) is 0 Å². The molecule has 0 spiro atoms. The monoisotopic (exact) mass is 262 g/mol. The highest BCUT2D eigenvalue weighted by molar-refractivity contribution is 5.92. The van der Waals surface area contributed by atoms with Crippen LogP contribution in [0.3, 0.4) is 0 Å². The molecule has 0 aliphatic carbocycles. The number of aromatic carboxylic acids is 1. The minimum Gasteiger partial charge on any atom is -0.476 e. The maximum atomic E-state index is 11.2. The van der Waals surface area contributed by atoms with Gasteiger partial charge in [0.2, 0.25) is 0 Å². The predicted octanol–water partition coefficient (Wildman–Crippen LogP) is 1.07. The van der Waals surface area contributed by atoms with Crippen molar-refractivity contribution >= 4 is 5.97 Å². The smallest absolute Gasteiger partial charge is 0.358 e. The third kappa shape index (κ3) is 2.76. The molecule has 7 heteroatoms. The summed E-state index contributed by atoms with van der Waals surface area (Å²) >= 11 is 0. The summed E-state index contributed by atoms with van der Waals surface area (Å²) in [5, 5.41) is 16.8. The normalized spacial score (nSPS) is 12.3. The van der Waals surface area contributed by atoms with Crippen LogP contribution in [0.5, 0.6) is 0 Å². The number of hydrogen-bond acceptors (Lipinski definition) is 5. The number of carboxylic acids is 1. The number of hydrogen-bond donors (Lipinski definition) is 1. The summed E-state index contributed by atoms with van der Waals surface area (Å²) in [4.78, 5) is 15.1. The van der Waals surface area contributed by atoms with E-state index in [0.29, 0.717) is 17.8 Å². The Morgan fingerprint density at radius 2 is 2.16 bits per heavy atom. The average molecular weight is 262 g/mol. The van der Waals surface area contributed by atoms with Gasteiger partial charge in [-0.1, -0.05) is 5.21 Å². The Hall–Kier alpha value is -2.28. The fourth-order valence-electron chi connectivity index (χ4n) is 1.70. The summed E-state index contributed by atoms with van der Waals surface area (Å²) in [6.45, 7) is 2.30. The van der Waals surface area contributed by atoms with E-state index in [1.165, 1.54) is 4.68 Å². The van der Waals surface area contributed by atoms with Gasteiger partial charge in [0.05, 0.1) is 12.6 Å². The van der Waals surface area contributed by atoms with E-state index < -0.39 is 5.97 Å². The van der Waals surface area contributed by atoms with Crippen molar-refractivity contribution in [3.63, 3.8) is 0 Å². The van der Waals surface area contributed by atoms with Gasteiger partial charge >= 0.3 is 5.97 Å². The lowest BCUT2D eigenvalue weighted by Gasteiger charge is -2.11. The largest absolute Gasteiger partial charge is 0.476 e. The van der Waals surface area contributed by atoms with Crippen LogP contribution in [0, 0.1) is 0 Å². The molecule has 2 heterocycles. The van der Waals surface area contributed by atoms with Crippen LogP contribution in [0.1, 0.15) is 17.4 Å². The molecular weight excluding hydrogens is 248 g/mol. The minimum absolute atomic E-state index is 0.0745. The fourth-order valence-corrected chi connectivity index (χ4v) is 1.70. The van der Waals surface area contributed by atoms with Gasteiger partial charge in [-0.05, 0) is 19.1 Å². The number of ether oxygens (including phenoxy) is 1. The number of aromatic nitrogens is 4. The van der Waals surface area contributed by atoms with Crippen molar-refractivity contribution in [2.45, 2.75) is 19.6 Å². The molecule has 0 fully saturated rings. The summed E-state index contributed by atoms with van der Waals surface area (Å²) in [6.07, 6.45) is 3.10. The molecule has 0 bridgehead atoms. The Morgan fingerprint density at radius 3 is 2.74 bits per heavy atom. The molecule has 100 valence electrons. The molecule has 0 saturated carbocycles. The van der Waals surface area contributed by atoms with Gasteiger partial charge in [-0.3, -0.25) is 4.98 Å². The van der Waals surface area contributed by atoms with E-state index >= 15 is 0 Å². The number of nitrogens with zero attached hydrogens (tertiary/aromatic N) is 4. The number of pyridine rings is 1. The van der Waals surface area contributed by atoms with E-state index in [4.69, 9.17) is 9.84 Å². The molecular formula is C12H14N4O3. The van der Waals surface area contributed by atoms with Crippen molar-refractivity contribution in [3.8, 4) is 11.3 Å². The quantitative estimate of drug-likeness (QED) is 0.866. The van der Waals surface area contributed by atoms with Gasteiger partial charge in [0, 0.05) is 25.1 Å². The maximum Gasteiger partial charge on any atom is 0.358 e. The van der Waals surface area contributed by atoms with E-state index in [-0.39, 0.29) is 11.8 Å². The molecule has 7 nitrogen and oxygen atoms in total. The highest BCUT2D eigenvalue weighted by Gasteiger charge is 2.21. The van der Waals surface area contributed by atoms with Crippen molar-refractivity contribution in [3.05, 3.63) is 30.2 Å². The average Bonchev–Trinajstić information content (AvgIpc) is 2.83. The van der Waals surface area contributed by atoms with Crippen molar-refractivity contribution in [2.24, 2.45) is 0 Å². The second-order valence-electron chi connectivity index (χ2n) is 4.06. The molecule has 1 N–H and O–H groups in total. The van der Waals surface area contributed by atoms with E-state index in [0.717, 1.165) is 0 Å². The first-order chi connectivity index (χ1) is 9.13. The van der Waals surface area contributed by atoms with Gasteiger partial charge in [0.25, 0.3) is 0 Å². The zero-order valence-electron chi connectivity index (χ0n) is 10.6. The summed E-state index contributed by atoms with van der Waals surface area (Å²) in [5.74, 6) is -1.11. The van der Waals surface area contributed by atoms with Crippen molar-refractivity contribution in [2.75, 3.05) is 7.11 Å². The maximum absolute atomic E-state index is 11.2. The van der Waals surface area contributed by atoms with Crippen LogP contribution in [-0.2, 0) is 11.3 Å². The summed E-state index contributed by atoms with van der Waals surface area (Å²) < 4.78 is 6.70. The Kier molecular flexibility index (Phi) is 3.86. The third-order valence-corrected chi connectivity index (χ3v) is 2.72. The SMILES string of the molecule is COC(C)Cn1nnc(C(=O)O)c1-c1ccncc1. The van der Waals surface area contributed by atoms with Crippen LogP contribution >= 0.6 is 0 Å². The Balaban J connectivity index is 2.48. The van der Waals surface area contributed by atoms with Crippen LogP contribution < -0.4 is 0 Å². The second kappa shape index (κ2) is 5.57. The first kappa shape index (κ1) is 13.2. The van der Waals surface area contributed by atoms with Gasteiger partial charge in [-0.25, -0.2) is 9.48 Å². The van der Waals surface area contributed by atoms with Gasteiger partial charge in [-0.15, -0.1) is 5.10 Å². The van der Waals surface area contributed by atoms with Crippen LogP contribution in [-0.4, -0.2) is 44.3 Å². The first-order valence-electron chi connectivity index (χ1n) is 5.73. The number of methoxy groups -OCH3 is 1. The third-order valence-electron chi connectivity index (χ3n) is 2.72. The molecule has 2 aromatic rings. The number of rotatable bonds is 5. The van der Waals surface area contributed by atoms with Gasteiger partial charge in [0.15, 0.2) is 5.69 Å². The van der Waals surface area contributed by atoms with E-state index in [1.54, 1.807) is 31.6 Å². The summed E-state index contributed by atoms with van der Waals surface area (Å²) in [7, 11) is 1.59. The standard InChI is InChI=1S/C12H14N4O3/c1-8(19-2)7-16-11(9-3-5-13-6-4-9)10(12(17)18)14-15-16/h3-6,8H,7H2,1-2H3,(H,17,18). The minimum atomic E-state index is -1.11. The molecule has 0 aromatic carbocycles. The highest BCUT2D eigenvalue weighted by Crippen LogP contribution is 2.22. The van der Waals surface area contributed by atoms with E-state index in [1.807, 2.05) is 6.92 Å². The van der Waals surface area contributed by atoms with E-state index in [2.05, 4.69) is 15.3 Å². The van der Waals surface area contributed by atoms with Crippen LogP contribution in [0.4, 0.5) is 0 Å². The van der Waals surface area contributed by atoms with Gasteiger partial charge < -0.3 is 9.84 Å². The Bertz CT molecular complexity index is 568. The lowest BCUT2D eigenvalue weighted by Crippen LogP contribution is -2.17. The molecule has 1 unspecified atom stereocenters. The molecule has 0 aliphatic heterocycles. The van der Waals surface area contributed by atoms with Crippen molar-refractivity contribution in [1.82, 2.24) is 20.0 Å². The Morgan fingerprint density at radius 1 is 1.47 bits per heavy atom. The predicted molar refractivity (Wildman–Crippen MR) is 66.7 cm³/mol. The van der Waals surface area contributed by atoms with Gasteiger partial charge in [0.1, 0.15) is 5.69 Å². The molecule has 19 heavy (non-hydrogen) atoms. The molecule has 0 radical (unpaired) electrons.